The van der Waals surface area contributed by atoms with E-state index in [0.29, 0.717) is 5.92 Å². The summed E-state index contributed by atoms with van der Waals surface area (Å²) in [7, 11) is -2.35. The first kappa shape index (κ1) is 25.6. The third kappa shape index (κ3) is 7.10. The fourth-order valence-corrected chi connectivity index (χ4v) is 3.84. The molecule has 1 rings (SSSR count). The molecule has 1 fully saturated rings. The third-order valence-electron chi connectivity index (χ3n) is 5.70. The smallest absolute Gasteiger partial charge is 0.413 e. The summed E-state index contributed by atoms with van der Waals surface area (Å²) >= 11 is 0. The second-order valence-corrected chi connectivity index (χ2v) is 15.3. The van der Waals surface area contributed by atoms with Crippen molar-refractivity contribution in [2.75, 3.05) is 0 Å². The molecule has 0 radical (unpaired) electrons. The molecule has 0 saturated heterocycles. The van der Waals surface area contributed by atoms with Crippen molar-refractivity contribution in [2.45, 2.75) is 104 Å². The molecule has 1 unspecified atom stereocenters. The van der Waals surface area contributed by atoms with Gasteiger partial charge in [-0.1, -0.05) is 39.0 Å². The van der Waals surface area contributed by atoms with Crippen LogP contribution >= 0.6 is 0 Å². The molecule has 0 aromatic carbocycles. The van der Waals surface area contributed by atoms with Gasteiger partial charge in [-0.15, -0.1) is 0 Å². The minimum Gasteiger partial charge on any atom is -0.444 e. The van der Waals surface area contributed by atoms with Gasteiger partial charge in [0.1, 0.15) is 5.60 Å². The lowest BCUT2D eigenvalue weighted by molar-refractivity contribution is -0.131. The number of allylic oxidation sites excluding steroid dienone is 1. The highest BCUT2D eigenvalue weighted by atomic mass is 28.4. The van der Waals surface area contributed by atoms with Gasteiger partial charge < -0.3 is 9.16 Å². The molecule has 166 valence electrons. The largest absolute Gasteiger partial charge is 0.444 e. The Labute approximate surface area is 178 Å². The molecule has 29 heavy (non-hydrogen) atoms. The second kappa shape index (κ2) is 9.17. The number of hydrogen-bond acceptors (Lipinski definition) is 4. The van der Waals surface area contributed by atoms with Crippen molar-refractivity contribution in [1.29, 1.82) is 0 Å². The van der Waals surface area contributed by atoms with E-state index in [1.807, 2.05) is 27.7 Å². The summed E-state index contributed by atoms with van der Waals surface area (Å²) in [6.07, 6.45) is 3.71. The zero-order valence-electron chi connectivity index (χ0n) is 20.1. The molecule has 1 amide bonds. The van der Waals surface area contributed by atoms with Gasteiger partial charge >= 0.3 is 6.09 Å². The molecule has 1 saturated carbocycles. The summed E-state index contributed by atoms with van der Waals surface area (Å²) in [6, 6.07) is -0.360. The minimum atomic E-state index is -2.35. The lowest BCUT2D eigenvalue weighted by atomic mass is 10.0. The fraction of sp³-hybridized carbons (Fsp3) is 0.739. The Morgan fingerprint density at radius 3 is 2.03 bits per heavy atom. The quantitative estimate of drug-likeness (QED) is 0.206. The van der Waals surface area contributed by atoms with Crippen LogP contribution < -0.4 is 0 Å². The first-order valence-corrected chi connectivity index (χ1v) is 13.5. The van der Waals surface area contributed by atoms with Crippen LogP contribution in [0.3, 0.4) is 0 Å². The van der Waals surface area contributed by atoms with Crippen LogP contribution in [0.25, 0.3) is 0 Å². The molecule has 1 aliphatic rings. The molecule has 2 atom stereocenters. The zero-order chi connectivity index (χ0) is 22.8. The van der Waals surface area contributed by atoms with Crippen LogP contribution in [0.2, 0.25) is 18.1 Å². The first-order chi connectivity index (χ1) is 13.0. The maximum absolute atomic E-state index is 13.3. The van der Waals surface area contributed by atoms with Gasteiger partial charge in [-0.2, -0.15) is 0 Å². The van der Waals surface area contributed by atoms with Gasteiger partial charge in [-0.25, -0.2) is 4.79 Å². The second-order valence-electron chi connectivity index (χ2n) is 10.5. The molecule has 0 N–H and O–H groups in total. The van der Waals surface area contributed by atoms with E-state index in [4.69, 9.17) is 9.16 Å². The standard InChI is InChI=1S/C23H41NO4Si/c1-12-13-19(25)20(28-29(10,11)23(7,8)9)24(21(26)27-22(4,5)6)17(3)16(2)18-14-15-18/h12-13,17-18,20H,2,14-15H2,1,3-11H3/b13-12+/t17?,20-/m0/s1. The van der Waals surface area contributed by atoms with Gasteiger partial charge in [0.2, 0.25) is 5.78 Å². The number of rotatable bonds is 8. The van der Waals surface area contributed by atoms with E-state index in [0.717, 1.165) is 18.4 Å². The summed E-state index contributed by atoms with van der Waals surface area (Å²) in [6.45, 7) is 23.9. The molecule has 6 heteroatoms. The number of ketones is 1. The minimum absolute atomic E-state index is 0.113. The predicted molar refractivity (Wildman–Crippen MR) is 121 cm³/mol. The average molecular weight is 424 g/mol. The van der Waals surface area contributed by atoms with Crippen LogP contribution in [0.5, 0.6) is 0 Å². The number of carbonyl (C=O) groups is 2. The molecule has 0 heterocycles. The highest BCUT2D eigenvalue weighted by molar-refractivity contribution is 6.74. The van der Waals surface area contributed by atoms with Crippen molar-refractivity contribution in [3.05, 3.63) is 24.3 Å². The molecule has 5 nitrogen and oxygen atoms in total. The van der Waals surface area contributed by atoms with E-state index in [9.17, 15) is 9.59 Å². The van der Waals surface area contributed by atoms with Crippen LogP contribution in [-0.2, 0) is 14.0 Å². The van der Waals surface area contributed by atoms with Crippen molar-refractivity contribution in [3.63, 3.8) is 0 Å². The van der Waals surface area contributed by atoms with Crippen LogP contribution in [0.4, 0.5) is 4.79 Å². The SMILES string of the molecule is C=C(C1CC1)C(C)N(C(=O)OC(C)(C)C)[C@@H](O[Si](C)(C)C(C)(C)C)C(=O)/C=C/C. The Balaban J connectivity index is 3.41. The molecular formula is C23H41NO4Si. The van der Waals surface area contributed by atoms with Crippen molar-refractivity contribution in [2.24, 2.45) is 5.92 Å². The predicted octanol–water partition coefficient (Wildman–Crippen LogP) is 6.07. The summed E-state index contributed by atoms with van der Waals surface area (Å²) in [5, 5.41) is -0.113. The van der Waals surface area contributed by atoms with Gasteiger partial charge in [0.15, 0.2) is 14.5 Å². The Morgan fingerprint density at radius 1 is 1.14 bits per heavy atom. The van der Waals surface area contributed by atoms with Gasteiger partial charge in [-0.3, -0.25) is 9.69 Å². The van der Waals surface area contributed by atoms with E-state index < -0.39 is 26.2 Å². The maximum atomic E-state index is 13.3. The number of hydrogen-bond donors (Lipinski definition) is 0. The summed E-state index contributed by atoms with van der Waals surface area (Å²) in [4.78, 5) is 27.8. The van der Waals surface area contributed by atoms with Crippen LogP contribution in [-0.4, -0.2) is 43.0 Å². The number of amides is 1. The summed E-state index contributed by atoms with van der Waals surface area (Å²) in [5.74, 6) is 0.138. The fourth-order valence-electron chi connectivity index (χ4n) is 2.70. The van der Waals surface area contributed by atoms with Crippen LogP contribution in [0.15, 0.2) is 24.3 Å². The lowest BCUT2D eigenvalue weighted by Gasteiger charge is -2.43. The Hall–Kier alpha value is -1.40. The maximum Gasteiger partial charge on any atom is 0.413 e. The van der Waals surface area contributed by atoms with E-state index in [2.05, 4.69) is 40.4 Å². The lowest BCUT2D eigenvalue weighted by Crippen LogP contribution is -2.57. The number of carbonyl (C=O) groups excluding carboxylic acids is 2. The Kier molecular flexibility index (Phi) is 8.10. The Bertz CT molecular complexity index is 651. The molecule has 0 aromatic heterocycles. The monoisotopic (exact) mass is 423 g/mol. The van der Waals surface area contributed by atoms with Crippen molar-refractivity contribution >= 4 is 20.2 Å². The normalized spacial score (nSPS) is 17.7. The molecule has 0 aliphatic heterocycles. The van der Waals surface area contributed by atoms with Crippen LogP contribution in [0.1, 0.15) is 68.2 Å². The van der Waals surface area contributed by atoms with E-state index in [-0.39, 0.29) is 16.9 Å². The molecule has 0 bridgehead atoms. The van der Waals surface area contributed by atoms with E-state index in [1.54, 1.807) is 13.0 Å². The Morgan fingerprint density at radius 2 is 1.66 bits per heavy atom. The number of ether oxygens (including phenoxy) is 1. The molecule has 0 spiro atoms. The summed E-state index contributed by atoms with van der Waals surface area (Å²) in [5.41, 5.74) is 0.272. The van der Waals surface area contributed by atoms with Gasteiger partial charge in [0.25, 0.3) is 0 Å². The summed E-state index contributed by atoms with van der Waals surface area (Å²) < 4.78 is 12.2. The van der Waals surface area contributed by atoms with Crippen molar-refractivity contribution in [1.82, 2.24) is 4.90 Å². The van der Waals surface area contributed by atoms with Gasteiger partial charge in [-0.05, 0) is 77.6 Å². The van der Waals surface area contributed by atoms with E-state index >= 15 is 0 Å². The third-order valence-corrected chi connectivity index (χ3v) is 10.1. The van der Waals surface area contributed by atoms with Gasteiger partial charge in [0.05, 0.1) is 6.04 Å². The molecule has 1 aliphatic carbocycles. The molecular weight excluding hydrogens is 382 g/mol. The highest BCUT2D eigenvalue weighted by Crippen LogP contribution is 2.41. The molecule has 0 aromatic rings. The zero-order valence-corrected chi connectivity index (χ0v) is 21.1. The first-order valence-electron chi connectivity index (χ1n) is 10.6. The van der Waals surface area contributed by atoms with Crippen LogP contribution in [0, 0.1) is 5.92 Å². The van der Waals surface area contributed by atoms with Gasteiger partial charge in [0, 0.05) is 0 Å². The number of nitrogens with zero attached hydrogens (tertiary/aromatic N) is 1. The topological polar surface area (TPSA) is 55.8 Å². The van der Waals surface area contributed by atoms with Crippen molar-refractivity contribution < 1.29 is 18.8 Å². The van der Waals surface area contributed by atoms with Crippen molar-refractivity contribution in [3.8, 4) is 0 Å². The average Bonchev–Trinajstić information content (AvgIpc) is 3.35. The highest BCUT2D eigenvalue weighted by Gasteiger charge is 2.46. The van der Waals surface area contributed by atoms with E-state index in [1.165, 1.54) is 11.0 Å².